The first-order chi connectivity index (χ1) is 7.50. The first-order valence-corrected chi connectivity index (χ1v) is 6.55. The third-order valence-corrected chi connectivity index (χ3v) is 4.18. The van der Waals surface area contributed by atoms with Gasteiger partial charge in [0, 0.05) is 23.6 Å². The van der Waals surface area contributed by atoms with Gasteiger partial charge in [-0.3, -0.25) is 0 Å². The summed E-state index contributed by atoms with van der Waals surface area (Å²) in [6.45, 7) is 6.57. The topological polar surface area (TPSA) is 29.3 Å². The number of halogens is 1. The molecule has 0 aromatic heterocycles. The Balaban J connectivity index is 2.21. The third-order valence-electron chi connectivity index (χ3n) is 3.51. The summed E-state index contributed by atoms with van der Waals surface area (Å²) in [6, 6.07) is 8.70. The molecule has 16 heavy (non-hydrogen) atoms. The fourth-order valence-corrected chi connectivity index (χ4v) is 2.82. The van der Waals surface area contributed by atoms with E-state index >= 15 is 0 Å². The number of nitrogens with two attached hydrogens (primary N) is 1. The van der Waals surface area contributed by atoms with Crippen LogP contribution in [0.4, 0.5) is 5.69 Å². The molecule has 1 heterocycles. The van der Waals surface area contributed by atoms with Gasteiger partial charge in [0.15, 0.2) is 0 Å². The largest absolute Gasteiger partial charge is 0.370 e. The predicted octanol–water partition coefficient (Wildman–Crippen LogP) is 3.01. The molecule has 1 aliphatic heterocycles. The lowest BCUT2D eigenvalue weighted by Gasteiger charge is -2.44. The molecular formula is C13H19BrN2. The lowest BCUT2D eigenvalue weighted by atomic mass is 9.79. The quantitative estimate of drug-likeness (QED) is 0.858. The summed E-state index contributed by atoms with van der Waals surface area (Å²) >= 11 is 3.61. The van der Waals surface area contributed by atoms with E-state index in [1.165, 1.54) is 10.2 Å². The predicted molar refractivity (Wildman–Crippen MR) is 72.7 cm³/mol. The van der Waals surface area contributed by atoms with E-state index in [1.54, 1.807) is 0 Å². The van der Waals surface area contributed by atoms with Crippen LogP contribution in [-0.4, -0.2) is 19.1 Å². The number of hydrogen-bond acceptors (Lipinski definition) is 2. The van der Waals surface area contributed by atoms with Crippen molar-refractivity contribution >= 4 is 21.6 Å². The van der Waals surface area contributed by atoms with E-state index in [1.807, 2.05) is 0 Å². The van der Waals surface area contributed by atoms with Gasteiger partial charge in [-0.2, -0.15) is 0 Å². The lowest BCUT2D eigenvalue weighted by molar-refractivity contribution is 0.245. The molecular weight excluding hydrogens is 264 g/mol. The average molecular weight is 283 g/mol. The van der Waals surface area contributed by atoms with Crippen LogP contribution in [0.15, 0.2) is 28.7 Å². The summed E-state index contributed by atoms with van der Waals surface area (Å²) in [5, 5.41) is 0. The van der Waals surface area contributed by atoms with Crippen LogP contribution in [0.5, 0.6) is 0 Å². The van der Waals surface area contributed by atoms with Crippen molar-refractivity contribution in [3.63, 3.8) is 0 Å². The number of benzene rings is 1. The number of piperidine rings is 1. The SMILES string of the molecule is CC1(C)CN(c2ccccc2Br)CCC1N. The summed E-state index contributed by atoms with van der Waals surface area (Å²) in [6.07, 6.45) is 1.06. The van der Waals surface area contributed by atoms with Crippen molar-refractivity contribution in [3.8, 4) is 0 Å². The second-order valence-corrected chi connectivity index (χ2v) is 6.11. The number of nitrogens with zero attached hydrogens (tertiary/aromatic N) is 1. The van der Waals surface area contributed by atoms with Crippen molar-refractivity contribution in [1.82, 2.24) is 0 Å². The van der Waals surface area contributed by atoms with E-state index in [0.717, 1.165) is 19.5 Å². The van der Waals surface area contributed by atoms with Gasteiger partial charge in [-0.15, -0.1) is 0 Å². The Morgan fingerprint density at radius 1 is 1.38 bits per heavy atom. The molecule has 1 atom stereocenters. The number of anilines is 1. The van der Waals surface area contributed by atoms with Crippen molar-refractivity contribution in [2.24, 2.45) is 11.1 Å². The molecule has 88 valence electrons. The monoisotopic (exact) mass is 282 g/mol. The molecule has 0 aliphatic carbocycles. The normalized spacial score (nSPS) is 24.5. The van der Waals surface area contributed by atoms with E-state index < -0.39 is 0 Å². The van der Waals surface area contributed by atoms with Crippen LogP contribution in [0.3, 0.4) is 0 Å². The van der Waals surface area contributed by atoms with Gasteiger partial charge in [-0.05, 0) is 39.9 Å². The zero-order valence-electron chi connectivity index (χ0n) is 9.91. The second kappa shape index (κ2) is 4.38. The first-order valence-electron chi connectivity index (χ1n) is 5.76. The van der Waals surface area contributed by atoms with Gasteiger partial charge >= 0.3 is 0 Å². The zero-order valence-corrected chi connectivity index (χ0v) is 11.5. The van der Waals surface area contributed by atoms with Gasteiger partial charge in [0.2, 0.25) is 0 Å². The van der Waals surface area contributed by atoms with Crippen LogP contribution in [0.1, 0.15) is 20.3 Å². The van der Waals surface area contributed by atoms with E-state index in [2.05, 4.69) is 58.9 Å². The highest BCUT2D eigenvalue weighted by Gasteiger charge is 2.33. The molecule has 1 aliphatic rings. The molecule has 2 nitrogen and oxygen atoms in total. The Hall–Kier alpha value is -0.540. The molecule has 0 amide bonds. The van der Waals surface area contributed by atoms with Gasteiger partial charge in [-0.1, -0.05) is 26.0 Å². The minimum Gasteiger partial charge on any atom is -0.370 e. The van der Waals surface area contributed by atoms with Crippen molar-refractivity contribution in [2.45, 2.75) is 26.3 Å². The summed E-state index contributed by atoms with van der Waals surface area (Å²) in [7, 11) is 0. The highest BCUT2D eigenvalue weighted by molar-refractivity contribution is 9.10. The molecule has 0 radical (unpaired) electrons. The Morgan fingerprint density at radius 2 is 2.06 bits per heavy atom. The molecule has 1 fully saturated rings. The van der Waals surface area contributed by atoms with Crippen molar-refractivity contribution in [2.75, 3.05) is 18.0 Å². The number of rotatable bonds is 1. The number of para-hydroxylation sites is 1. The second-order valence-electron chi connectivity index (χ2n) is 5.26. The van der Waals surface area contributed by atoms with E-state index in [0.29, 0.717) is 6.04 Å². The minimum atomic E-state index is 0.188. The summed E-state index contributed by atoms with van der Waals surface area (Å²) in [5.74, 6) is 0. The van der Waals surface area contributed by atoms with Gasteiger partial charge in [-0.25, -0.2) is 0 Å². The Kier molecular flexibility index (Phi) is 3.27. The summed E-state index contributed by atoms with van der Waals surface area (Å²) in [4.78, 5) is 2.42. The maximum Gasteiger partial charge on any atom is 0.0510 e. The molecule has 1 unspecified atom stereocenters. The molecule has 1 aromatic carbocycles. The molecule has 2 rings (SSSR count). The van der Waals surface area contributed by atoms with Crippen LogP contribution in [0.2, 0.25) is 0 Å². The highest BCUT2D eigenvalue weighted by atomic mass is 79.9. The van der Waals surface area contributed by atoms with Gasteiger partial charge in [0.05, 0.1) is 5.69 Å². The van der Waals surface area contributed by atoms with Crippen LogP contribution < -0.4 is 10.6 Å². The third kappa shape index (κ3) is 2.25. The van der Waals surface area contributed by atoms with Crippen molar-refractivity contribution in [1.29, 1.82) is 0 Å². The van der Waals surface area contributed by atoms with E-state index in [4.69, 9.17) is 5.73 Å². The fraction of sp³-hybridized carbons (Fsp3) is 0.538. The molecule has 1 aromatic rings. The van der Waals surface area contributed by atoms with Crippen LogP contribution in [0.25, 0.3) is 0 Å². The molecule has 2 N–H and O–H groups in total. The average Bonchev–Trinajstić information content (AvgIpc) is 2.23. The van der Waals surface area contributed by atoms with Crippen LogP contribution in [0, 0.1) is 5.41 Å². The van der Waals surface area contributed by atoms with E-state index in [9.17, 15) is 0 Å². The van der Waals surface area contributed by atoms with E-state index in [-0.39, 0.29) is 5.41 Å². The zero-order chi connectivity index (χ0) is 11.8. The molecule has 3 heteroatoms. The first kappa shape index (κ1) is 11.9. The molecule has 0 bridgehead atoms. The Morgan fingerprint density at radius 3 is 2.69 bits per heavy atom. The Labute approximate surface area is 106 Å². The number of hydrogen-bond donors (Lipinski definition) is 1. The maximum atomic E-state index is 6.15. The fourth-order valence-electron chi connectivity index (χ4n) is 2.29. The highest BCUT2D eigenvalue weighted by Crippen LogP contribution is 2.34. The van der Waals surface area contributed by atoms with Gasteiger partial charge in [0.1, 0.15) is 0 Å². The smallest absolute Gasteiger partial charge is 0.0510 e. The summed E-state index contributed by atoms with van der Waals surface area (Å²) in [5.41, 5.74) is 7.62. The van der Waals surface area contributed by atoms with Crippen molar-refractivity contribution < 1.29 is 0 Å². The standard InChI is InChI=1S/C13H19BrN2/c1-13(2)9-16(8-7-12(13)15)11-6-4-3-5-10(11)14/h3-6,12H,7-9,15H2,1-2H3. The lowest BCUT2D eigenvalue weighted by Crippen LogP contribution is -2.52. The summed E-state index contributed by atoms with van der Waals surface area (Å²) < 4.78 is 1.17. The molecule has 0 saturated carbocycles. The minimum absolute atomic E-state index is 0.188. The molecule has 0 spiro atoms. The van der Waals surface area contributed by atoms with Crippen LogP contribution in [-0.2, 0) is 0 Å². The van der Waals surface area contributed by atoms with Gasteiger partial charge in [0.25, 0.3) is 0 Å². The maximum absolute atomic E-state index is 6.15. The van der Waals surface area contributed by atoms with Crippen LogP contribution >= 0.6 is 15.9 Å². The Bertz CT molecular complexity index is 376. The van der Waals surface area contributed by atoms with Gasteiger partial charge < -0.3 is 10.6 Å². The van der Waals surface area contributed by atoms with Crippen molar-refractivity contribution in [3.05, 3.63) is 28.7 Å². The molecule has 1 saturated heterocycles.